The fourth-order valence-electron chi connectivity index (χ4n) is 0.875. The molecule has 0 aromatic heterocycles. The molecule has 0 spiro atoms. The summed E-state index contributed by atoms with van der Waals surface area (Å²) in [7, 11) is 0. The number of unbranched alkanes of at least 4 members (excludes halogenated alkanes) is 1. The highest BCUT2D eigenvalue weighted by molar-refractivity contribution is 6.30. The van der Waals surface area contributed by atoms with Crippen molar-refractivity contribution < 1.29 is 4.74 Å². The van der Waals surface area contributed by atoms with Crippen molar-refractivity contribution in [2.45, 2.75) is 19.8 Å². The maximum Gasteiger partial charge on any atom is 0.126 e. The number of ether oxygens (including phenoxy) is 1. The zero-order valence-electron chi connectivity index (χ0n) is 7.66. The Morgan fingerprint density at radius 1 is 1.31 bits per heavy atom. The van der Waals surface area contributed by atoms with Crippen LogP contribution in [0.3, 0.4) is 0 Å². The number of benzene rings is 1. The maximum absolute atomic E-state index is 5.72. The zero-order chi connectivity index (χ0) is 9.52. The van der Waals surface area contributed by atoms with Crippen molar-refractivity contribution in [2.75, 3.05) is 0 Å². The molecule has 1 nitrogen and oxygen atoms in total. The van der Waals surface area contributed by atoms with E-state index in [9.17, 15) is 0 Å². The Morgan fingerprint density at radius 2 is 2.00 bits per heavy atom. The van der Waals surface area contributed by atoms with Gasteiger partial charge in [-0.15, -0.1) is 0 Å². The Kier molecular flexibility index (Phi) is 4.41. The van der Waals surface area contributed by atoms with Crippen molar-refractivity contribution in [3.8, 4) is 5.75 Å². The first-order chi connectivity index (χ1) is 6.33. The third-order valence-corrected chi connectivity index (χ3v) is 1.82. The molecule has 1 rings (SSSR count). The Labute approximate surface area is 84.0 Å². The van der Waals surface area contributed by atoms with Gasteiger partial charge in [-0.05, 0) is 36.8 Å². The number of halogens is 1. The fourth-order valence-corrected chi connectivity index (χ4v) is 1.00. The Hall–Kier alpha value is -0.950. The lowest BCUT2D eigenvalue weighted by molar-refractivity contribution is 0.478. The molecule has 1 aromatic carbocycles. The summed E-state index contributed by atoms with van der Waals surface area (Å²) in [6.07, 6.45) is 5.91. The first-order valence-corrected chi connectivity index (χ1v) is 4.78. The standard InChI is InChI=1S/C11H13ClO/c1-2-3-4-9-13-11-7-5-10(12)6-8-11/h4-9H,2-3H2,1H3. The van der Waals surface area contributed by atoms with Gasteiger partial charge in [0, 0.05) is 5.02 Å². The topological polar surface area (TPSA) is 9.23 Å². The molecule has 0 aliphatic rings. The molecule has 1 aromatic rings. The van der Waals surface area contributed by atoms with Crippen LogP contribution in [-0.4, -0.2) is 0 Å². The largest absolute Gasteiger partial charge is 0.465 e. The summed E-state index contributed by atoms with van der Waals surface area (Å²) in [4.78, 5) is 0. The highest BCUT2D eigenvalue weighted by atomic mass is 35.5. The molecular formula is C11H13ClO. The van der Waals surface area contributed by atoms with Crippen LogP contribution >= 0.6 is 11.6 Å². The van der Waals surface area contributed by atoms with E-state index in [-0.39, 0.29) is 0 Å². The van der Waals surface area contributed by atoms with E-state index in [1.807, 2.05) is 30.3 Å². The number of hydrogen-bond acceptors (Lipinski definition) is 1. The van der Waals surface area contributed by atoms with Crippen molar-refractivity contribution in [2.24, 2.45) is 0 Å². The summed E-state index contributed by atoms with van der Waals surface area (Å²) >= 11 is 5.72. The lowest BCUT2D eigenvalue weighted by Gasteiger charge is -1.98. The zero-order valence-corrected chi connectivity index (χ0v) is 8.42. The third kappa shape index (κ3) is 4.00. The van der Waals surface area contributed by atoms with Gasteiger partial charge in [-0.2, -0.15) is 0 Å². The highest BCUT2D eigenvalue weighted by Gasteiger charge is 1.89. The number of hydrogen-bond donors (Lipinski definition) is 0. The summed E-state index contributed by atoms with van der Waals surface area (Å²) in [6, 6.07) is 7.31. The van der Waals surface area contributed by atoms with Gasteiger partial charge in [0.25, 0.3) is 0 Å². The van der Waals surface area contributed by atoms with Crippen LogP contribution < -0.4 is 4.74 Å². The van der Waals surface area contributed by atoms with Gasteiger partial charge >= 0.3 is 0 Å². The fraction of sp³-hybridized carbons (Fsp3) is 0.273. The van der Waals surface area contributed by atoms with E-state index in [4.69, 9.17) is 16.3 Å². The van der Waals surface area contributed by atoms with Crippen molar-refractivity contribution in [3.05, 3.63) is 41.6 Å². The molecule has 0 saturated heterocycles. The van der Waals surface area contributed by atoms with E-state index in [0.29, 0.717) is 0 Å². The number of allylic oxidation sites excluding steroid dienone is 1. The van der Waals surface area contributed by atoms with E-state index in [0.717, 1.165) is 23.6 Å². The molecule has 0 aliphatic heterocycles. The molecule has 0 aliphatic carbocycles. The Bertz CT molecular complexity index is 264. The average molecular weight is 197 g/mol. The molecule has 0 N–H and O–H groups in total. The van der Waals surface area contributed by atoms with Crippen LogP contribution in [0.25, 0.3) is 0 Å². The summed E-state index contributed by atoms with van der Waals surface area (Å²) in [5.41, 5.74) is 0. The first kappa shape index (κ1) is 10.1. The maximum atomic E-state index is 5.72. The minimum Gasteiger partial charge on any atom is -0.465 e. The molecule has 0 unspecified atom stereocenters. The van der Waals surface area contributed by atoms with Crippen LogP contribution in [-0.2, 0) is 0 Å². The van der Waals surface area contributed by atoms with Crippen LogP contribution in [0.15, 0.2) is 36.6 Å². The predicted molar refractivity (Wildman–Crippen MR) is 56.1 cm³/mol. The summed E-state index contributed by atoms with van der Waals surface area (Å²) in [6.45, 7) is 2.13. The van der Waals surface area contributed by atoms with Gasteiger partial charge in [-0.3, -0.25) is 0 Å². The Morgan fingerprint density at radius 3 is 2.62 bits per heavy atom. The normalized spacial score (nSPS) is 10.6. The second kappa shape index (κ2) is 5.65. The van der Waals surface area contributed by atoms with E-state index in [1.54, 1.807) is 6.26 Å². The molecule has 0 amide bonds. The average Bonchev–Trinajstić information content (AvgIpc) is 2.15. The SMILES string of the molecule is CCCC=COc1ccc(Cl)cc1. The molecule has 13 heavy (non-hydrogen) atoms. The van der Waals surface area contributed by atoms with Crippen molar-refractivity contribution in [1.82, 2.24) is 0 Å². The minimum atomic E-state index is 0.727. The molecule has 0 atom stereocenters. The molecule has 0 radical (unpaired) electrons. The Balaban J connectivity index is 2.41. The molecule has 0 heterocycles. The molecule has 0 saturated carbocycles. The van der Waals surface area contributed by atoms with Gasteiger partial charge in [0.1, 0.15) is 5.75 Å². The monoisotopic (exact) mass is 196 g/mol. The van der Waals surface area contributed by atoms with Gasteiger partial charge in [-0.25, -0.2) is 0 Å². The quantitative estimate of drug-likeness (QED) is 0.661. The van der Waals surface area contributed by atoms with Crippen LogP contribution in [0.5, 0.6) is 5.75 Å². The van der Waals surface area contributed by atoms with Gasteiger partial charge in [0.2, 0.25) is 0 Å². The summed E-state index contributed by atoms with van der Waals surface area (Å²) in [5.74, 6) is 0.816. The van der Waals surface area contributed by atoms with Crippen LogP contribution in [0.4, 0.5) is 0 Å². The van der Waals surface area contributed by atoms with E-state index < -0.39 is 0 Å². The predicted octanol–water partition coefficient (Wildman–Crippen LogP) is 4.03. The van der Waals surface area contributed by atoms with Crippen molar-refractivity contribution in [3.63, 3.8) is 0 Å². The van der Waals surface area contributed by atoms with Crippen LogP contribution in [0.1, 0.15) is 19.8 Å². The number of rotatable bonds is 4. The molecule has 0 fully saturated rings. The van der Waals surface area contributed by atoms with Crippen LogP contribution in [0.2, 0.25) is 5.02 Å². The van der Waals surface area contributed by atoms with Crippen LogP contribution in [0, 0.1) is 0 Å². The lowest BCUT2D eigenvalue weighted by Crippen LogP contribution is -1.80. The van der Waals surface area contributed by atoms with Gasteiger partial charge in [0.15, 0.2) is 0 Å². The van der Waals surface area contributed by atoms with E-state index in [2.05, 4.69) is 6.92 Å². The first-order valence-electron chi connectivity index (χ1n) is 4.40. The lowest BCUT2D eigenvalue weighted by atomic mass is 10.3. The van der Waals surface area contributed by atoms with Crippen molar-refractivity contribution in [1.29, 1.82) is 0 Å². The van der Waals surface area contributed by atoms with Gasteiger partial charge in [0.05, 0.1) is 6.26 Å². The molecule has 0 bridgehead atoms. The summed E-state index contributed by atoms with van der Waals surface area (Å²) in [5, 5.41) is 0.727. The second-order valence-electron chi connectivity index (χ2n) is 2.73. The molecule has 70 valence electrons. The molecular weight excluding hydrogens is 184 g/mol. The second-order valence-corrected chi connectivity index (χ2v) is 3.17. The summed E-state index contributed by atoms with van der Waals surface area (Å²) < 4.78 is 5.32. The van der Waals surface area contributed by atoms with Crippen molar-refractivity contribution >= 4 is 11.6 Å². The highest BCUT2D eigenvalue weighted by Crippen LogP contribution is 2.15. The van der Waals surface area contributed by atoms with E-state index in [1.165, 1.54) is 0 Å². The molecule has 2 heteroatoms. The van der Waals surface area contributed by atoms with E-state index >= 15 is 0 Å². The third-order valence-electron chi connectivity index (χ3n) is 1.57. The smallest absolute Gasteiger partial charge is 0.126 e. The van der Waals surface area contributed by atoms with Gasteiger partial charge < -0.3 is 4.74 Å². The minimum absolute atomic E-state index is 0.727. The van der Waals surface area contributed by atoms with Gasteiger partial charge in [-0.1, -0.05) is 24.9 Å².